The van der Waals surface area contributed by atoms with Crippen LogP contribution in [0.4, 0.5) is 0 Å². The number of aromatic nitrogens is 1. The number of hydrogen-bond acceptors (Lipinski definition) is 3. The van der Waals surface area contributed by atoms with Crippen molar-refractivity contribution in [1.82, 2.24) is 10.3 Å². The lowest BCUT2D eigenvalue weighted by atomic mass is 10.0. The minimum Gasteiger partial charge on any atom is -0.497 e. The fraction of sp³-hybridized carbons (Fsp3) is 0.273. The lowest BCUT2D eigenvalue weighted by Gasteiger charge is -2.19. The molecule has 0 aliphatic heterocycles. The highest BCUT2D eigenvalue weighted by atomic mass is 16.5. The fourth-order valence-electron chi connectivity index (χ4n) is 3.43. The van der Waals surface area contributed by atoms with Crippen molar-refractivity contribution in [3.05, 3.63) is 71.4 Å². The van der Waals surface area contributed by atoms with Crippen LogP contribution in [-0.4, -0.2) is 18.0 Å². The fourth-order valence-corrected chi connectivity index (χ4v) is 3.43. The third kappa shape index (κ3) is 3.27. The molecule has 4 rings (SSSR count). The van der Waals surface area contributed by atoms with Crippen LogP contribution in [0.15, 0.2) is 54.6 Å². The number of fused-ring (bicyclic) bond motifs is 1. The van der Waals surface area contributed by atoms with E-state index in [-0.39, 0.29) is 11.9 Å². The molecule has 1 heterocycles. The summed E-state index contributed by atoms with van der Waals surface area (Å²) in [5.74, 6) is 1.18. The van der Waals surface area contributed by atoms with Gasteiger partial charge in [0.05, 0.1) is 24.2 Å². The number of nitrogens with zero attached hydrogens (tertiary/aromatic N) is 1. The van der Waals surface area contributed by atoms with E-state index in [1.54, 1.807) is 7.11 Å². The Hall–Kier alpha value is -2.88. The predicted molar refractivity (Wildman–Crippen MR) is 102 cm³/mol. The topological polar surface area (TPSA) is 51.2 Å². The van der Waals surface area contributed by atoms with Gasteiger partial charge in [-0.1, -0.05) is 30.3 Å². The predicted octanol–water partition coefficient (Wildman–Crippen LogP) is 4.43. The molecule has 132 valence electrons. The molecular formula is C22H22N2O2. The maximum Gasteiger partial charge on any atom is 0.252 e. The molecule has 1 unspecified atom stereocenters. The molecule has 1 aliphatic carbocycles. The first-order valence-corrected chi connectivity index (χ1v) is 8.97. The zero-order chi connectivity index (χ0) is 18.1. The summed E-state index contributed by atoms with van der Waals surface area (Å²) in [5, 5.41) is 4.08. The van der Waals surface area contributed by atoms with Crippen LogP contribution in [0.2, 0.25) is 0 Å². The van der Waals surface area contributed by atoms with Crippen molar-refractivity contribution in [2.75, 3.05) is 7.11 Å². The Morgan fingerprint density at radius 3 is 2.62 bits per heavy atom. The minimum atomic E-state index is -0.0606. The van der Waals surface area contributed by atoms with Gasteiger partial charge in [-0.25, -0.2) is 0 Å². The van der Waals surface area contributed by atoms with Crippen molar-refractivity contribution in [2.45, 2.75) is 25.8 Å². The second-order valence-electron chi connectivity index (χ2n) is 6.89. The molecule has 1 aromatic heterocycles. The van der Waals surface area contributed by atoms with Gasteiger partial charge in [0.2, 0.25) is 0 Å². The van der Waals surface area contributed by atoms with E-state index < -0.39 is 0 Å². The van der Waals surface area contributed by atoms with Gasteiger partial charge in [0.25, 0.3) is 5.91 Å². The molecular weight excluding hydrogens is 324 g/mol. The van der Waals surface area contributed by atoms with Crippen molar-refractivity contribution < 1.29 is 9.53 Å². The molecule has 0 saturated heterocycles. The molecule has 1 N–H and O–H groups in total. The molecule has 4 nitrogen and oxygen atoms in total. The number of pyridine rings is 1. The average molecular weight is 346 g/mol. The van der Waals surface area contributed by atoms with Crippen molar-refractivity contribution in [1.29, 1.82) is 0 Å². The zero-order valence-electron chi connectivity index (χ0n) is 15.0. The summed E-state index contributed by atoms with van der Waals surface area (Å²) in [7, 11) is 1.63. The third-order valence-electron chi connectivity index (χ3n) is 4.93. The normalized spacial score (nSPS) is 14.8. The number of hydrogen-bond donors (Lipinski definition) is 1. The van der Waals surface area contributed by atoms with Crippen LogP contribution in [0.5, 0.6) is 5.75 Å². The first kappa shape index (κ1) is 16.6. The Morgan fingerprint density at radius 2 is 1.92 bits per heavy atom. The number of rotatable bonds is 5. The van der Waals surface area contributed by atoms with E-state index in [1.807, 2.05) is 49.4 Å². The summed E-state index contributed by atoms with van der Waals surface area (Å²) in [6, 6.07) is 17.8. The summed E-state index contributed by atoms with van der Waals surface area (Å²) in [6.45, 7) is 1.91. The van der Waals surface area contributed by atoms with Crippen LogP contribution < -0.4 is 10.1 Å². The van der Waals surface area contributed by atoms with Gasteiger partial charge in [-0.15, -0.1) is 0 Å². The Balaban J connectivity index is 1.71. The second-order valence-corrected chi connectivity index (χ2v) is 6.89. The van der Waals surface area contributed by atoms with Gasteiger partial charge in [-0.2, -0.15) is 0 Å². The monoisotopic (exact) mass is 346 g/mol. The van der Waals surface area contributed by atoms with Crippen LogP contribution in [0.1, 0.15) is 40.5 Å². The summed E-state index contributed by atoms with van der Waals surface area (Å²) in [5.41, 5.74) is 3.44. The molecule has 3 aromatic rings. The lowest BCUT2D eigenvalue weighted by Crippen LogP contribution is -2.30. The van der Waals surface area contributed by atoms with Gasteiger partial charge < -0.3 is 10.1 Å². The van der Waals surface area contributed by atoms with E-state index in [2.05, 4.69) is 22.4 Å². The number of carbonyl (C=O) groups excluding carboxylic acids is 1. The number of methoxy groups -OCH3 is 1. The summed E-state index contributed by atoms with van der Waals surface area (Å²) < 4.78 is 5.33. The molecule has 0 radical (unpaired) electrons. The van der Waals surface area contributed by atoms with E-state index in [9.17, 15) is 4.79 Å². The van der Waals surface area contributed by atoms with E-state index in [4.69, 9.17) is 4.74 Å². The summed E-state index contributed by atoms with van der Waals surface area (Å²) >= 11 is 0. The highest BCUT2D eigenvalue weighted by Gasteiger charge is 2.33. The van der Waals surface area contributed by atoms with E-state index in [0.717, 1.165) is 40.8 Å². The maximum atomic E-state index is 13.1. The smallest absolute Gasteiger partial charge is 0.252 e. The van der Waals surface area contributed by atoms with Crippen LogP contribution in [0, 0.1) is 12.8 Å². The summed E-state index contributed by atoms with van der Waals surface area (Å²) in [6.07, 6.45) is 2.31. The Kier molecular flexibility index (Phi) is 4.33. The molecule has 1 atom stereocenters. The number of amides is 1. The van der Waals surface area contributed by atoms with Gasteiger partial charge in [0.1, 0.15) is 5.75 Å². The minimum absolute atomic E-state index is 0.0535. The number of aryl methyl sites for hydroxylation is 1. The van der Waals surface area contributed by atoms with Crippen LogP contribution >= 0.6 is 0 Å². The Morgan fingerprint density at radius 1 is 1.15 bits per heavy atom. The van der Waals surface area contributed by atoms with Gasteiger partial charge in [0, 0.05) is 11.1 Å². The van der Waals surface area contributed by atoms with Crippen molar-refractivity contribution in [3.63, 3.8) is 0 Å². The van der Waals surface area contributed by atoms with Gasteiger partial charge in [0.15, 0.2) is 0 Å². The summed E-state index contributed by atoms with van der Waals surface area (Å²) in [4.78, 5) is 17.7. The third-order valence-corrected chi connectivity index (χ3v) is 4.93. The number of ether oxygens (including phenoxy) is 1. The molecule has 2 aromatic carbocycles. The van der Waals surface area contributed by atoms with Gasteiger partial charge >= 0.3 is 0 Å². The molecule has 0 bridgehead atoms. The molecule has 1 saturated carbocycles. The van der Waals surface area contributed by atoms with Gasteiger partial charge in [-0.3, -0.25) is 9.78 Å². The number of carbonyl (C=O) groups is 1. The van der Waals surface area contributed by atoms with Crippen LogP contribution in [-0.2, 0) is 0 Å². The molecule has 1 aliphatic rings. The standard InChI is InChI=1S/C22H22N2O2/c1-14-12-19(18-13-17(26-2)10-11-20(18)23-14)22(25)24-21(16-8-9-16)15-6-4-3-5-7-15/h3-7,10-13,16,21H,8-9H2,1-2H3,(H,24,25). The molecule has 1 amide bonds. The van der Waals surface area contributed by atoms with Gasteiger partial charge in [-0.05, 0) is 55.5 Å². The van der Waals surface area contributed by atoms with Crippen molar-refractivity contribution in [3.8, 4) is 5.75 Å². The van der Waals surface area contributed by atoms with E-state index in [0.29, 0.717) is 11.5 Å². The van der Waals surface area contributed by atoms with Crippen LogP contribution in [0.25, 0.3) is 10.9 Å². The highest BCUT2D eigenvalue weighted by Crippen LogP contribution is 2.41. The molecule has 26 heavy (non-hydrogen) atoms. The number of benzene rings is 2. The Labute approximate surface area is 153 Å². The SMILES string of the molecule is COc1ccc2nc(C)cc(C(=O)NC(c3ccccc3)C3CC3)c2c1. The highest BCUT2D eigenvalue weighted by molar-refractivity contribution is 6.06. The zero-order valence-corrected chi connectivity index (χ0v) is 15.0. The van der Waals surface area contributed by atoms with Crippen molar-refractivity contribution in [2.24, 2.45) is 5.92 Å². The number of nitrogens with one attached hydrogen (secondary N) is 1. The lowest BCUT2D eigenvalue weighted by molar-refractivity contribution is 0.0933. The molecule has 0 spiro atoms. The average Bonchev–Trinajstić information content (AvgIpc) is 3.50. The quantitative estimate of drug-likeness (QED) is 0.743. The largest absolute Gasteiger partial charge is 0.497 e. The molecule has 4 heteroatoms. The van der Waals surface area contributed by atoms with E-state index in [1.165, 1.54) is 0 Å². The molecule has 1 fully saturated rings. The van der Waals surface area contributed by atoms with E-state index >= 15 is 0 Å². The first-order chi connectivity index (χ1) is 12.7. The Bertz CT molecular complexity index is 949. The first-order valence-electron chi connectivity index (χ1n) is 8.97. The van der Waals surface area contributed by atoms with Crippen molar-refractivity contribution >= 4 is 16.8 Å². The van der Waals surface area contributed by atoms with Crippen LogP contribution in [0.3, 0.4) is 0 Å². The maximum absolute atomic E-state index is 13.1. The second kappa shape index (κ2) is 6.79.